The Kier molecular flexibility index (Phi) is 2.77. The van der Waals surface area contributed by atoms with Gasteiger partial charge < -0.3 is 9.47 Å². The highest BCUT2D eigenvalue weighted by molar-refractivity contribution is 5.47. The quantitative estimate of drug-likeness (QED) is 0.739. The lowest BCUT2D eigenvalue weighted by Gasteiger charge is -2.21. The second-order valence-corrected chi connectivity index (χ2v) is 3.68. The number of nitriles is 1. The zero-order valence-electron chi connectivity index (χ0n) is 8.69. The molecule has 0 bridgehead atoms. The van der Waals surface area contributed by atoms with E-state index in [1.54, 1.807) is 0 Å². The Morgan fingerprint density at radius 1 is 1.40 bits per heavy atom. The van der Waals surface area contributed by atoms with Gasteiger partial charge in [0.1, 0.15) is 13.2 Å². The maximum atomic E-state index is 8.78. The number of ether oxygens (including phenoxy) is 2. The maximum absolute atomic E-state index is 8.78. The molecule has 0 spiro atoms. The predicted octanol–water partition coefficient (Wildman–Crippen LogP) is 2.16. The first-order valence-electron chi connectivity index (χ1n) is 5.08. The van der Waals surface area contributed by atoms with Crippen LogP contribution in [0.25, 0.3) is 0 Å². The second-order valence-electron chi connectivity index (χ2n) is 3.68. The molecule has 0 aliphatic carbocycles. The van der Waals surface area contributed by atoms with Crippen molar-refractivity contribution >= 4 is 0 Å². The van der Waals surface area contributed by atoms with Gasteiger partial charge in [0.05, 0.1) is 6.07 Å². The molecule has 0 saturated carbocycles. The van der Waals surface area contributed by atoms with Crippen LogP contribution in [0.1, 0.15) is 12.5 Å². The van der Waals surface area contributed by atoms with E-state index in [4.69, 9.17) is 14.7 Å². The van der Waals surface area contributed by atoms with Crippen LogP contribution in [-0.4, -0.2) is 13.2 Å². The summed E-state index contributed by atoms with van der Waals surface area (Å²) in [6.45, 7) is 3.10. The highest BCUT2D eigenvalue weighted by atomic mass is 16.6. The lowest BCUT2D eigenvalue weighted by molar-refractivity contribution is 0.169. The largest absolute Gasteiger partial charge is 0.486 e. The minimum Gasteiger partial charge on any atom is -0.486 e. The van der Waals surface area contributed by atoms with E-state index in [0.717, 1.165) is 17.1 Å². The lowest BCUT2D eigenvalue weighted by Crippen LogP contribution is -2.17. The van der Waals surface area contributed by atoms with E-state index in [0.29, 0.717) is 19.6 Å². The first-order valence-corrected chi connectivity index (χ1v) is 5.08. The topological polar surface area (TPSA) is 42.2 Å². The van der Waals surface area contributed by atoms with Crippen LogP contribution in [0.4, 0.5) is 0 Å². The molecular formula is C12H13NO2. The van der Waals surface area contributed by atoms with Crippen molar-refractivity contribution in [2.24, 2.45) is 5.92 Å². The number of nitrogens with zero attached hydrogens (tertiary/aromatic N) is 1. The van der Waals surface area contributed by atoms with E-state index < -0.39 is 0 Å². The molecular weight excluding hydrogens is 190 g/mol. The number of rotatable bonds is 2. The molecule has 0 radical (unpaired) electrons. The third kappa shape index (κ3) is 2.04. The van der Waals surface area contributed by atoms with Crippen molar-refractivity contribution < 1.29 is 9.47 Å². The smallest absolute Gasteiger partial charge is 0.164 e. The Morgan fingerprint density at radius 2 is 2.20 bits per heavy atom. The van der Waals surface area contributed by atoms with Crippen molar-refractivity contribution in [1.82, 2.24) is 0 Å². The first kappa shape index (κ1) is 9.85. The molecule has 3 heteroatoms. The molecule has 1 aromatic rings. The Labute approximate surface area is 89.2 Å². The Hall–Kier alpha value is -1.69. The van der Waals surface area contributed by atoms with Crippen LogP contribution >= 0.6 is 0 Å². The van der Waals surface area contributed by atoms with Gasteiger partial charge in [-0.15, -0.1) is 0 Å². The van der Waals surface area contributed by atoms with Gasteiger partial charge in [0.2, 0.25) is 0 Å². The monoisotopic (exact) mass is 203 g/mol. The van der Waals surface area contributed by atoms with Crippen LogP contribution < -0.4 is 9.47 Å². The van der Waals surface area contributed by atoms with Crippen LogP contribution in [0.2, 0.25) is 0 Å². The number of hydrogen-bond donors (Lipinski definition) is 0. The van der Waals surface area contributed by atoms with Gasteiger partial charge in [-0.3, -0.25) is 0 Å². The average Bonchev–Trinajstić information content (AvgIpc) is 2.29. The summed E-state index contributed by atoms with van der Waals surface area (Å²) in [5.41, 5.74) is 1.06. The standard InChI is InChI=1S/C12H13NO2/c1-9(8-13)7-10-3-2-4-11-12(10)15-6-5-14-11/h2-4,9H,5-7H2,1H3. The maximum Gasteiger partial charge on any atom is 0.164 e. The molecule has 1 aliphatic rings. The second kappa shape index (κ2) is 4.22. The average molecular weight is 203 g/mol. The summed E-state index contributed by atoms with van der Waals surface area (Å²) in [6, 6.07) is 8.05. The van der Waals surface area contributed by atoms with Crippen molar-refractivity contribution in [1.29, 1.82) is 5.26 Å². The van der Waals surface area contributed by atoms with Gasteiger partial charge in [-0.1, -0.05) is 12.1 Å². The summed E-state index contributed by atoms with van der Waals surface area (Å²) in [6.07, 6.45) is 0.711. The Morgan fingerprint density at radius 3 is 3.00 bits per heavy atom. The SMILES string of the molecule is CC(C#N)Cc1cccc2c1OCCO2. The highest BCUT2D eigenvalue weighted by Gasteiger charge is 2.16. The zero-order valence-corrected chi connectivity index (χ0v) is 8.69. The van der Waals surface area contributed by atoms with Gasteiger partial charge in [-0.05, 0) is 25.0 Å². The minimum absolute atomic E-state index is 0.00188. The van der Waals surface area contributed by atoms with Gasteiger partial charge in [-0.25, -0.2) is 0 Å². The van der Waals surface area contributed by atoms with Crippen molar-refractivity contribution in [3.63, 3.8) is 0 Å². The third-order valence-corrected chi connectivity index (χ3v) is 2.39. The van der Waals surface area contributed by atoms with Gasteiger partial charge >= 0.3 is 0 Å². The molecule has 0 fully saturated rings. The number of fused-ring (bicyclic) bond motifs is 1. The fraction of sp³-hybridized carbons (Fsp3) is 0.417. The fourth-order valence-electron chi connectivity index (χ4n) is 1.67. The van der Waals surface area contributed by atoms with E-state index in [2.05, 4.69) is 6.07 Å². The van der Waals surface area contributed by atoms with Crippen LogP contribution in [0, 0.1) is 17.2 Å². The van der Waals surface area contributed by atoms with Crippen LogP contribution in [0.5, 0.6) is 11.5 Å². The van der Waals surface area contributed by atoms with Crippen LogP contribution in [0.3, 0.4) is 0 Å². The number of para-hydroxylation sites is 1. The molecule has 1 heterocycles. The van der Waals surface area contributed by atoms with Crippen molar-refractivity contribution in [3.05, 3.63) is 23.8 Å². The fourth-order valence-corrected chi connectivity index (χ4v) is 1.67. The molecule has 0 amide bonds. The van der Waals surface area contributed by atoms with Gasteiger partial charge in [-0.2, -0.15) is 5.26 Å². The predicted molar refractivity (Wildman–Crippen MR) is 55.9 cm³/mol. The number of benzene rings is 1. The van der Waals surface area contributed by atoms with Crippen molar-refractivity contribution in [3.8, 4) is 17.6 Å². The van der Waals surface area contributed by atoms with Crippen LogP contribution in [-0.2, 0) is 6.42 Å². The van der Waals surface area contributed by atoms with Gasteiger partial charge in [0.15, 0.2) is 11.5 Å². The zero-order chi connectivity index (χ0) is 10.7. The molecule has 0 N–H and O–H groups in total. The van der Waals surface area contributed by atoms with E-state index in [9.17, 15) is 0 Å². The van der Waals surface area contributed by atoms with Gasteiger partial charge in [0, 0.05) is 5.92 Å². The molecule has 1 aliphatic heterocycles. The molecule has 0 saturated heterocycles. The van der Waals surface area contributed by atoms with Crippen molar-refractivity contribution in [2.45, 2.75) is 13.3 Å². The van der Waals surface area contributed by atoms with E-state index in [-0.39, 0.29) is 5.92 Å². The molecule has 1 unspecified atom stereocenters. The summed E-state index contributed by atoms with van der Waals surface area (Å²) in [4.78, 5) is 0. The molecule has 2 rings (SSSR count). The molecule has 78 valence electrons. The normalized spacial score (nSPS) is 15.5. The summed E-state index contributed by atoms with van der Waals surface area (Å²) in [5.74, 6) is 1.61. The van der Waals surface area contributed by atoms with E-state index in [1.165, 1.54) is 0 Å². The van der Waals surface area contributed by atoms with Crippen LogP contribution in [0.15, 0.2) is 18.2 Å². The van der Waals surface area contributed by atoms with Gasteiger partial charge in [0.25, 0.3) is 0 Å². The first-order chi connectivity index (χ1) is 7.31. The van der Waals surface area contributed by atoms with Crippen molar-refractivity contribution in [2.75, 3.05) is 13.2 Å². The Bertz CT molecular complexity index is 395. The number of hydrogen-bond acceptors (Lipinski definition) is 3. The van der Waals surface area contributed by atoms with E-state index >= 15 is 0 Å². The summed E-state index contributed by atoms with van der Waals surface area (Å²) < 4.78 is 11.0. The highest BCUT2D eigenvalue weighted by Crippen LogP contribution is 2.34. The molecule has 1 atom stereocenters. The molecule has 0 aromatic heterocycles. The lowest BCUT2D eigenvalue weighted by atomic mass is 10.0. The third-order valence-electron chi connectivity index (χ3n) is 2.39. The summed E-state index contributed by atoms with van der Waals surface area (Å²) in [7, 11) is 0. The van der Waals surface area contributed by atoms with E-state index in [1.807, 2.05) is 25.1 Å². The summed E-state index contributed by atoms with van der Waals surface area (Å²) >= 11 is 0. The summed E-state index contributed by atoms with van der Waals surface area (Å²) in [5, 5.41) is 8.78. The molecule has 1 aromatic carbocycles. The molecule has 15 heavy (non-hydrogen) atoms. The Balaban J connectivity index is 2.28. The molecule has 3 nitrogen and oxygen atoms in total. The minimum atomic E-state index is 0.00188.